The second-order valence-corrected chi connectivity index (χ2v) is 8.00. The number of nitrogens with one attached hydrogen (secondary N) is 2. The van der Waals surface area contributed by atoms with E-state index in [0.717, 1.165) is 10.2 Å². The van der Waals surface area contributed by atoms with E-state index in [4.69, 9.17) is 0 Å². The SMILES string of the molecule is O=C(CCNc1ccc(Br)cc1)NC1CCS(=O)(=O)C1. The van der Waals surface area contributed by atoms with Crippen LogP contribution in [0.1, 0.15) is 12.8 Å². The summed E-state index contributed by atoms with van der Waals surface area (Å²) in [6, 6.07) is 7.47. The minimum atomic E-state index is -2.94. The van der Waals surface area contributed by atoms with Crippen LogP contribution >= 0.6 is 15.9 Å². The number of anilines is 1. The molecule has 1 aromatic carbocycles. The number of hydrogen-bond acceptors (Lipinski definition) is 4. The summed E-state index contributed by atoms with van der Waals surface area (Å²) in [6.07, 6.45) is 0.848. The summed E-state index contributed by atoms with van der Waals surface area (Å²) in [7, 11) is -2.94. The highest BCUT2D eigenvalue weighted by atomic mass is 79.9. The van der Waals surface area contributed by atoms with Crippen LogP contribution in [0.5, 0.6) is 0 Å². The van der Waals surface area contributed by atoms with E-state index in [1.807, 2.05) is 24.3 Å². The lowest BCUT2D eigenvalue weighted by atomic mass is 10.2. The number of amides is 1. The second kappa shape index (κ2) is 6.58. The average molecular weight is 361 g/mol. The summed E-state index contributed by atoms with van der Waals surface area (Å²) in [5.74, 6) is 0.130. The van der Waals surface area contributed by atoms with Gasteiger partial charge in [0.25, 0.3) is 0 Å². The van der Waals surface area contributed by atoms with Crippen LogP contribution in [0.3, 0.4) is 0 Å². The summed E-state index contributed by atoms with van der Waals surface area (Å²) < 4.78 is 23.6. The summed E-state index contributed by atoms with van der Waals surface area (Å²) in [5, 5.41) is 5.91. The van der Waals surface area contributed by atoms with Crippen molar-refractivity contribution in [2.24, 2.45) is 0 Å². The fourth-order valence-electron chi connectivity index (χ4n) is 2.10. The smallest absolute Gasteiger partial charge is 0.222 e. The maximum atomic E-state index is 11.7. The quantitative estimate of drug-likeness (QED) is 0.835. The van der Waals surface area contributed by atoms with Gasteiger partial charge in [-0.1, -0.05) is 15.9 Å². The lowest BCUT2D eigenvalue weighted by molar-refractivity contribution is -0.121. The van der Waals surface area contributed by atoms with Gasteiger partial charge in [0.2, 0.25) is 5.91 Å². The Morgan fingerprint density at radius 2 is 2.00 bits per heavy atom. The summed E-state index contributed by atoms with van der Waals surface area (Å²) in [4.78, 5) is 11.7. The fraction of sp³-hybridized carbons (Fsp3) is 0.462. The molecule has 1 aromatic rings. The Bertz CT molecular complexity index is 572. The minimum Gasteiger partial charge on any atom is -0.385 e. The molecule has 1 saturated heterocycles. The van der Waals surface area contributed by atoms with E-state index in [-0.39, 0.29) is 23.5 Å². The van der Waals surface area contributed by atoms with Gasteiger partial charge in [-0.3, -0.25) is 4.79 Å². The molecule has 0 bridgehead atoms. The van der Waals surface area contributed by atoms with E-state index < -0.39 is 9.84 Å². The fourth-order valence-corrected chi connectivity index (χ4v) is 4.03. The van der Waals surface area contributed by atoms with Gasteiger partial charge in [-0.05, 0) is 30.7 Å². The highest BCUT2D eigenvalue weighted by Crippen LogP contribution is 2.14. The highest BCUT2D eigenvalue weighted by Gasteiger charge is 2.28. The topological polar surface area (TPSA) is 75.3 Å². The number of halogens is 1. The molecule has 1 aliphatic rings. The Labute approximate surface area is 127 Å². The largest absolute Gasteiger partial charge is 0.385 e. The van der Waals surface area contributed by atoms with Gasteiger partial charge in [0.15, 0.2) is 9.84 Å². The van der Waals surface area contributed by atoms with Crippen molar-refractivity contribution >= 4 is 37.4 Å². The maximum absolute atomic E-state index is 11.7. The molecule has 1 aliphatic heterocycles. The molecule has 0 radical (unpaired) electrons. The molecule has 1 atom stereocenters. The number of hydrogen-bond donors (Lipinski definition) is 2. The van der Waals surface area contributed by atoms with Crippen molar-refractivity contribution in [2.45, 2.75) is 18.9 Å². The van der Waals surface area contributed by atoms with Gasteiger partial charge < -0.3 is 10.6 Å². The average Bonchev–Trinajstić information content (AvgIpc) is 2.71. The first kappa shape index (κ1) is 15.3. The van der Waals surface area contributed by atoms with Crippen molar-refractivity contribution in [3.8, 4) is 0 Å². The van der Waals surface area contributed by atoms with Crippen LogP contribution in [-0.2, 0) is 14.6 Å². The standard InChI is InChI=1S/C13H17BrN2O3S/c14-10-1-3-11(4-2-10)15-7-5-13(17)16-12-6-8-20(18,19)9-12/h1-4,12,15H,5-9H2,(H,16,17). The first-order chi connectivity index (χ1) is 9.44. The van der Waals surface area contributed by atoms with E-state index in [1.165, 1.54) is 0 Å². The molecule has 2 rings (SSSR count). The molecular weight excluding hydrogens is 344 g/mol. The molecule has 1 heterocycles. The summed E-state index contributed by atoms with van der Waals surface area (Å²) in [5.41, 5.74) is 0.949. The molecule has 7 heteroatoms. The van der Waals surface area contributed by atoms with E-state index >= 15 is 0 Å². The van der Waals surface area contributed by atoms with Gasteiger partial charge in [0.1, 0.15) is 0 Å². The zero-order valence-electron chi connectivity index (χ0n) is 10.9. The first-order valence-electron chi connectivity index (χ1n) is 6.44. The van der Waals surface area contributed by atoms with Gasteiger partial charge in [-0.25, -0.2) is 8.42 Å². The van der Waals surface area contributed by atoms with Crippen molar-refractivity contribution in [3.63, 3.8) is 0 Å². The monoisotopic (exact) mass is 360 g/mol. The van der Waals surface area contributed by atoms with E-state index in [1.54, 1.807) is 0 Å². The number of rotatable bonds is 5. The molecule has 5 nitrogen and oxygen atoms in total. The number of sulfone groups is 1. The molecule has 20 heavy (non-hydrogen) atoms. The Morgan fingerprint density at radius 3 is 2.60 bits per heavy atom. The number of carbonyl (C=O) groups excluding carboxylic acids is 1. The van der Waals surface area contributed by atoms with Gasteiger partial charge in [0.05, 0.1) is 11.5 Å². The molecule has 2 N–H and O–H groups in total. The van der Waals surface area contributed by atoms with Crippen LogP contribution < -0.4 is 10.6 Å². The number of benzene rings is 1. The van der Waals surface area contributed by atoms with Crippen molar-refractivity contribution in [1.82, 2.24) is 5.32 Å². The van der Waals surface area contributed by atoms with Gasteiger partial charge in [-0.15, -0.1) is 0 Å². The lowest BCUT2D eigenvalue weighted by Crippen LogP contribution is -2.36. The highest BCUT2D eigenvalue weighted by molar-refractivity contribution is 9.10. The van der Waals surface area contributed by atoms with E-state index in [9.17, 15) is 13.2 Å². The molecule has 0 saturated carbocycles. The van der Waals surface area contributed by atoms with Crippen molar-refractivity contribution in [3.05, 3.63) is 28.7 Å². The van der Waals surface area contributed by atoms with E-state index in [2.05, 4.69) is 26.6 Å². The zero-order valence-corrected chi connectivity index (χ0v) is 13.3. The molecule has 1 fully saturated rings. The Kier molecular flexibility index (Phi) is 5.04. The molecule has 0 spiro atoms. The predicted molar refractivity (Wildman–Crippen MR) is 82.5 cm³/mol. The third-order valence-electron chi connectivity index (χ3n) is 3.12. The molecule has 1 unspecified atom stereocenters. The Hall–Kier alpha value is -1.08. The molecule has 0 aromatic heterocycles. The molecule has 110 valence electrons. The van der Waals surface area contributed by atoms with E-state index in [0.29, 0.717) is 19.4 Å². The van der Waals surface area contributed by atoms with Gasteiger partial charge >= 0.3 is 0 Å². The predicted octanol–water partition coefficient (Wildman–Crippen LogP) is 1.55. The van der Waals surface area contributed by atoms with Crippen LogP contribution in [0.25, 0.3) is 0 Å². The normalized spacial score (nSPS) is 20.6. The first-order valence-corrected chi connectivity index (χ1v) is 9.05. The molecular formula is C13H17BrN2O3S. The van der Waals surface area contributed by atoms with Crippen LogP contribution in [0.2, 0.25) is 0 Å². The maximum Gasteiger partial charge on any atom is 0.222 e. The summed E-state index contributed by atoms with van der Waals surface area (Å²) >= 11 is 3.35. The van der Waals surface area contributed by atoms with Crippen LogP contribution in [-0.4, -0.2) is 38.4 Å². The number of carbonyl (C=O) groups is 1. The van der Waals surface area contributed by atoms with Crippen molar-refractivity contribution in [1.29, 1.82) is 0 Å². The van der Waals surface area contributed by atoms with Crippen LogP contribution in [0.15, 0.2) is 28.7 Å². The Balaban J connectivity index is 1.69. The molecule has 0 aliphatic carbocycles. The minimum absolute atomic E-state index is 0.0683. The van der Waals surface area contributed by atoms with Gasteiger partial charge in [-0.2, -0.15) is 0 Å². The zero-order chi connectivity index (χ0) is 14.6. The molecule has 1 amide bonds. The Morgan fingerprint density at radius 1 is 1.30 bits per heavy atom. The summed E-state index contributed by atoms with van der Waals surface area (Å²) in [6.45, 7) is 0.521. The van der Waals surface area contributed by atoms with Crippen molar-refractivity contribution in [2.75, 3.05) is 23.4 Å². The van der Waals surface area contributed by atoms with Crippen molar-refractivity contribution < 1.29 is 13.2 Å². The lowest BCUT2D eigenvalue weighted by Gasteiger charge is -2.11. The van der Waals surface area contributed by atoms with Crippen LogP contribution in [0.4, 0.5) is 5.69 Å². The van der Waals surface area contributed by atoms with Gasteiger partial charge in [0, 0.05) is 29.2 Å². The second-order valence-electron chi connectivity index (χ2n) is 4.85. The third-order valence-corrected chi connectivity index (χ3v) is 5.42. The van der Waals surface area contributed by atoms with Crippen LogP contribution in [0, 0.1) is 0 Å². The third kappa shape index (κ3) is 4.79.